The van der Waals surface area contributed by atoms with Gasteiger partial charge in [-0.05, 0) is 38.3 Å². The Morgan fingerprint density at radius 2 is 2.00 bits per heavy atom. The van der Waals surface area contributed by atoms with Crippen molar-refractivity contribution >= 4 is 6.09 Å². The monoisotopic (exact) mass is 305 g/mol. The molecule has 0 bridgehead atoms. The summed E-state index contributed by atoms with van der Waals surface area (Å²) in [5, 5.41) is 2.80. The third kappa shape index (κ3) is 3.19. The lowest BCUT2D eigenvalue weighted by Gasteiger charge is -2.28. The minimum Gasteiger partial charge on any atom is -0.493 e. The summed E-state index contributed by atoms with van der Waals surface area (Å²) in [5.41, 5.74) is 3.08. The number of fused-ring (bicyclic) bond motifs is 3. The molecule has 1 atom stereocenters. The molecule has 0 saturated heterocycles. The SMILES string of the molecule is CC(C)(C)OC(=O)NCC1OCCc2ccc3c(c21)OCC3. The van der Waals surface area contributed by atoms with Crippen LogP contribution in [0.5, 0.6) is 5.75 Å². The van der Waals surface area contributed by atoms with E-state index in [0.717, 1.165) is 30.8 Å². The molecule has 2 aliphatic heterocycles. The number of alkyl carbamates (subject to hydrolysis) is 1. The Morgan fingerprint density at radius 3 is 2.77 bits per heavy atom. The Balaban J connectivity index is 1.72. The fraction of sp³-hybridized carbons (Fsp3) is 0.588. The predicted molar refractivity (Wildman–Crippen MR) is 82.3 cm³/mol. The number of nitrogens with one attached hydrogen (secondary N) is 1. The zero-order chi connectivity index (χ0) is 15.7. The predicted octanol–water partition coefficient (Wildman–Crippen LogP) is 2.76. The lowest BCUT2D eigenvalue weighted by molar-refractivity contribution is 0.0277. The summed E-state index contributed by atoms with van der Waals surface area (Å²) in [4.78, 5) is 11.8. The van der Waals surface area contributed by atoms with Gasteiger partial charge in [0.25, 0.3) is 0 Å². The van der Waals surface area contributed by atoms with Crippen molar-refractivity contribution in [1.29, 1.82) is 0 Å². The summed E-state index contributed by atoms with van der Waals surface area (Å²) < 4.78 is 16.9. The highest BCUT2D eigenvalue weighted by molar-refractivity contribution is 5.67. The number of amides is 1. The molecule has 0 aromatic heterocycles. The van der Waals surface area contributed by atoms with Crippen molar-refractivity contribution in [3.05, 3.63) is 28.8 Å². The Labute approximate surface area is 130 Å². The molecule has 1 N–H and O–H groups in total. The van der Waals surface area contributed by atoms with Gasteiger partial charge in [0.05, 0.1) is 19.8 Å². The van der Waals surface area contributed by atoms with Crippen molar-refractivity contribution in [2.75, 3.05) is 19.8 Å². The van der Waals surface area contributed by atoms with Gasteiger partial charge in [0.15, 0.2) is 0 Å². The number of rotatable bonds is 2. The van der Waals surface area contributed by atoms with Crippen molar-refractivity contribution < 1.29 is 19.0 Å². The fourth-order valence-corrected chi connectivity index (χ4v) is 2.93. The number of hydrogen-bond acceptors (Lipinski definition) is 4. The van der Waals surface area contributed by atoms with E-state index in [4.69, 9.17) is 14.2 Å². The van der Waals surface area contributed by atoms with Crippen LogP contribution in [0.1, 0.15) is 43.6 Å². The van der Waals surface area contributed by atoms with E-state index in [0.29, 0.717) is 13.2 Å². The molecule has 5 heteroatoms. The molecule has 0 saturated carbocycles. The van der Waals surface area contributed by atoms with Crippen molar-refractivity contribution in [2.45, 2.75) is 45.3 Å². The lowest BCUT2D eigenvalue weighted by Crippen LogP contribution is -2.36. The highest BCUT2D eigenvalue weighted by Crippen LogP contribution is 2.39. The van der Waals surface area contributed by atoms with E-state index in [9.17, 15) is 4.79 Å². The first kappa shape index (κ1) is 15.2. The van der Waals surface area contributed by atoms with Crippen LogP contribution in [0, 0.1) is 0 Å². The van der Waals surface area contributed by atoms with E-state index >= 15 is 0 Å². The van der Waals surface area contributed by atoms with Gasteiger partial charge in [0.1, 0.15) is 17.5 Å². The lowest BCUT2D eigenvalue weighted by atomic mass is 9.93. The van der Waals surface area contributed by atoms with Crippen LogP contribution < -0.4 is 10.1 Å². The van der Waals surface area contributed by atoms with Gasteiger partial charge in [0, 0.05) is 12.0 Å². The number of benzene rings is 1. The van der Waals surface area contributed by atoms with Crippen LogP contribution >= 0.6 is 0 Å². The Bertz CT molecular complexity index is 577. The van der Waals surface area contributed by atoms with E-state index in [1.807, 2.05) is 20.8 Å². The largest absolute Gasteiger partial charge is 0.493 e. The molecule has 1 amide bonds. The molecule has 3 rings (SSSR count). The van der Waals surface area contributed by atoms with E-state index in [2.05, 4.69) is 17.4 Å². The van der Waals surface area contributed by atoms with Gasteiger partial charge in [-0.2, -0.15) is 0 Å². The molecule has 120 valence electrons. The van der Waals surface area contributed by atoms with E-state index in [1.165, 1.54) is 11.1 Å². The van der Waals surface area contributed by atoms with Gasteiger partial charge in [-0.3, -0.25) is 0 Å². The molecule has 1 aromatic rings. The number of hydrogen-bond donors (Lipinski definition) is 1. The third-order valence-corrected chi connectivity index (χ3v) is 3.83. The number of ether oxygens (including phenoxy) is 3. The van der Waals surface area contributed by atoms with Gasteiger partial charge in [0.2, 0.25) is 0 Å². The summed E-state index contributed by atoms with van der Waals surface area (Å²) >= 11 is 0. The molecular formula is C17H23NO4. The van der Waals surface area contributed by atoms with Gasteiger partial charge in [-0.15, -0.1) is 0 Å². The van der Waals surface area contributed by atoms with Crippen LogP contribution in [0.2, 0.25) is 0 Å². The molecule has 1 aromatic carbocycles. The van der Waals surface area contributed by atoms with Crippen LogP contribution in [0.15, 0.2) is 12.1 Å². The molecular weight excluding hydrogens is 282 g/mol. The minimum absolute atomic E-state index is 0.177. The highest BCUT2D eigenvalue weighted by Gasteiger charge is 2.29. The molecule has 5 nitrogen and oxygen atoms in total. The smallest absolute Gasteiger partial charge is 0.407 e. The maximum absolute atomic E-state index is 11.8. The Morgan fingerprint density at radius 1 is 1.27 bits per heavy atom. The van der Waals surface area contributed by atoms with Crippen LogP contribution in [0.3, 0.4) is 0 Å². The van der Waals surface area contributed by atoms with Gasteiger partial charge in [-0.25, -0.2) is 4.79 Å². The van der Waals surface area contributed by atoms with Crippen LogP contribution in [0.25, 0.3) is 0 Å². The molecule has 2 aliphatic rings. The summed E-state index contributed by atoms with van der Waals surface area (Å²) in [6.45, 7) is 7.31. The van der Waals surface area contributed by atoms with Crippen molar-refractivity contribution in [1.82, 2.24) is 5.32 Å². The zero-order valence-corrected chi connectivity index (χ0v) is 13.4. The first-order valence-electron chi connectivity index (χ1n) is 7.80. The summed E-state index contributed by atoms with van der Waals surface area (Å²) in [5.74, 6) is 0.952. The van der Waals surface area contributed by atoms with Gasteiger partial charge >= 0.3 is 6.09 Å². The number of carbonyl (C=O) groups is 1. The van der Waals surface area contributed by atoms with Crippen molar-refractivity contribution in [3.63, 3.8) is 0 Å². The van der Waals surface area contributed by atoms with Gasteiger partial charge in [-0.1, -0.05) is 12.1 Å². The standard InChI is InChI=1S/C17H23NO4/c1-17(2,3)22-16(19)18-10-13-14-11(6-8-20-13)4-5-12-7-9-21-15(12)14/h4-5,13H,6-10H2,1-3H3,(H,18,19). The Kier molecular flexibility index (Phi) is 4.00. The van der Waals surface area contributed by atoms with E-state index in [1.54, 1.807) is 0 Å². The maximum atomic E-state index is 11.8. The van der Waals surface area contributed by atoms with E-state index in [-0.39, 0.29) is 6.10 Å². The first-order valence-corrected chi connectivity index (χ1v) is 7.80. The summed E-state index contributed by atoms with van der Waals surface area (Å²) in [6.07, 6.45) is 1.23. The first-order chi connectivity index (χ1) is 10.4. The average molecular weight is 305 g/mol. The minimum atomic E-state index is -0.500. The molecule has 0 radical (unpaired) electrons. The second-order valence-corrected chi connectivity index (χ2v) is 6.72. The average Bonchev–Trinajstić information content (AvgIpc) is 2.91. The molecule has 0 spiro atoms. The fourth-order valence-electron chi connectivity index (χ4n) is 2.93. The van der Waals surface area contributed by atoms with Crippen LogP contribution in [-0.2, 0) is 22.3 Å². The Hall–Kier alpha value is -1.75. The molecule has 0 aliphatic carbocycles. The topological polar surface area (TPSA) is 56.8 Å². The van der Waals surface area contributed by atoms with E-state index < -0.39 is 11.7 Å². The van der Waals surface area contributed by atoms with Gasteiger partial charge < -0.3 is 19.5 Å². The molecule has 22 heavy (non-hydrogen) atoms. The second-order valence-electron chi connectivity index (χ2n) is 6.72. The molecule has 0 fully saturated rings. The number of carbonyl (C=O) groups excluding carboxylic acids is 1. The highest BCUT2D eigenvalue weighted by atomic mass is 16.6. The quantitative estimate of drug-likeness (QED) is 0.913. The van der Waals surface area contributed by atoms with Crippen molar-refractivity contribution in [2.24, 2.45) is 0 Å². The van der Waals surface area contributed by atoms with Crippen LogP contribution in [0.4, 0.5) is 4.79 Å². The summed E-state index contributed by atoms with van der Waals surface area (Å²) in [6, 6.07) is 4.30. The summed E-state index contributed by atoms with van der Waals surface area (Å²) in [7, 11) is 0. The third-order valence-electron chi connectivity index (χ3n) is 3.83. The molecule has 2 heterocycles. The normalized spacial score (nSPS) is 19.9. The maximum Gasteiger partial charge on any atom is 0.407 e. The van der Waals surface area contributed by atoms with Crippen molar-refractivity contribution in [3.8, 4) is 5.75 Å². The zero-order valence-electron chi connectivity index (χ0n) is 13.4. The molecule has 1 unspecified atom stereocenters. The second kappa shape index (κ2) is 5.80. The van der Waals surface area contributed by atoms with Crippen LogP contribution in [-0.4, -0.2) is 31.5 Å².